The van der Waals surface area contributed by atoms with E-state index in [1.807, 2.05) is 6.92 Å². The molecular weight excluding hydrogens is 136 g/mol. The molecule has 0 aromatic carbocycles. The minimum atomic E-state index is -0.324. The quantitative estimate of drug-likeness (QED) is 0.567. The Morgan fingerprint density at radius 2 is 2.00 bits per heavy atom. The third-order valence-corrected chi connectivity index (χ3v) is 3.96. The Hall–Kier alpha value is -0.0400. The van der Waals surface area contributed by atoms with Crippen LogP contribution in [0.4, 0.5) is 0 Å². The van der Waals surface area contributed by atoms with E-state index in [2.05, 4.69) is 6.92 Å². The number of fused-ring (bicyclic) bond motifs is 1. The summed E-state index contributed by atoms with van der Waals surface area (Å²) in [7, 11) is 0. The van der Waals surface area contributed by atoms with Crippen molar-refractivity contribution in [2.45, 2.75) is 45.1 Å². The van der Waals surface area contributed by atoms with Gasteiger partial charge in [-0.3, -0.25) is 0 Å². The van der Waals surface area contributed by atoms with Crippen LogP contribution in [0.1, 0.15) is 39.5 Å². The predicted molar refractivity (Wildman–Crippen MR) is 45.2 cm³/mol. The van der Waals surface area contributed by atoms with Crippen molar-refractivity contribution in [3.05, 3.63) is 0 Å². The molecule has 2 fully saturated rings. The Balaban J connectivity index is 2.17. The maximum absolute atomic E-state index is 9.98. The van der Waals surface area contributed by atoms with Crippen LogP contribution in [-0.4, -0.2) is 10.7 Å². The lowest BCUT2D eigenvalue weighted by Crippen LogP contribution is -2.29. The van der Waals surface area contributed by atoms with Gasteiger partial charge in [0.15, 0.2) is 0 Å². The molecule has 11 heavy (non-hydrogen) atoms. The lowest BCUT2D eigenvalue weighted by Gasteiger charge is -2.24. The van der Waals surface area contributed by atoms with Gasteiger partial charge in [-0.1, -0.05) is 13.3 Å². The molecule has 0 aliphatic heterocycles. The zero-order valence-corrected chi connectivity index (χ0v) is 7.51. The van der Waals surface area contributed by atoms with Crippen LogP contribution in [0.5, 0.6) is 0 Å². The Morgan fingerprint density at radius 3 is 2.64 bits per heavy atom. The molecule has 2 aliphatic carbocycles. The molecule has 1 heteroatoms. The van der Waals surface area contributed by atoms with Crippen LogP contribution in [0.15, 0.2) is 0 Å². The lowest BCUT2D eigenvalue weighted by molar-refractivity contribution is 0.0155. The molecule has 2 saturated carbocycles. The van der Waals surface area contributed by atoms with Crippen LogP contribution in [0.25, 0.3) is 0 Å². The normalized spacial score (nSPS) is 56.5. The molecule has 0 aromatic heterocycles. The van der Waals surface area contributed by atoms with Gasteiger partial charge < -0.3 is 5.11 Å². The van der Waals surface area contributed by atoms with Gasteiger partial charge in [-0.2, -0.15) is 0 Å². The number of hydrogen-bond acceptors (Lipinski definition) is 1. The standard InChI is InChI=1S/C10H18O/c1-7-3-4-9-8(7)5-6-10(9,2)11/h7-9,11H,3-6H2,1-2H3/t7-,8+,9-,10-/m1/s1. The Bertz CT molecular complexity index is 162. The first-order valence-corrected chi connectivity index (χ1v) is 4.83. The Kier molecular flexibility index (Phi) is 1.54. The molecule has 0 radical (unpaired) electrons. The van der Waals surface area contributed by atoms with Gasteiger partial charge in [-0.05, 0) is 43.9 Å². The van der Waals surface area contributed by atoms with Crippen LogP contribution in [0.2, 0.25) is 0 Å². The first-order chi connectivity index (χ1) is 5.11. The topological polar surface area (TPSA) is 20.2 Å². The molecule has 1 nitrogen and oxygen atoms in total. The molecule has 0 bridgehead atoms. The fraction of sp³-hybridized carbons (Fsp3) is 1.00. The zero-order valence-electron chi connectivity index (χ0n) is 7.51. The summed E-state index contributed by atoms with van der Waals surface area (Å²) in [5.41, 5.74) is -0.324. The van der Waals surface area contributed by atoms with Crippen molar-refractivity contribution in [3.8, 4) is 0 Å². The van der Waals surface area contributed by atoms with Gasteiger partial charge in [0.1, 0.15) is 0 Å². The highest BCUT2D eigenvalue weighted by Crippen LogP contribution is 2.52. The number of aliphatic hydroxyl groups is 1. The van der Waals surface area contributed by atoms with Gasteiger partial charge in [0.2, 0.25) is 0 Å². The molecule has 64 valence electrons. The van der Waals surface area contributed by atoms with Crippen LogP contribution in [0, 0.1) is 17.8 Å². The summed E-state index contributed by atoms with van der Waals surface area (Å²) in [6.07, 6.45) is 4.90. The van der Waals surface area contributed by atoms with E-state index < -0.39 is 0 Å². The average Bonchev–Trinajstić information content (AvgIpc) is 2.39. The van der Waals surface area contributed by atoms with Crippen molar-refractivity contribution in [3.63, 3.8) is 0 Å². The van der Waals surface area contributed by atoms with Crippen molar-refractivity contribution in [2.75, 3.05) is 0 Å². The van der Waals surface area contributed by atoms with Crippen LogP contribution >= 0.6 is 0 Å². The van der Waals surface area contributed by atoms with Gasteiger partial charge in [0.25, 0.3) is 0 Å². The van der Waals surface area contributed by atoms with Crippen molar-refractivity contribution in [2.24, 2.45) is 17.8 Å². The van der Waals surface area contributed by atoms with Gasteiger partial charge >= 0.3 is 0 Å². The van der Waals surface area contributed by atoms with Gasteiger partial charge in [-0.15, -0.1) is 0 Å². The van der Waals surface area contributed by atoms with Crippen molar-refractivity contribution in [1.82, 2.24) is 0 Å². The molecule has 0 aromatic rings. The third-order valence-electron chi connectivity index (χ3n) is 3.96. The first kappa shape index (κ1) is 7.60. The molecule has 2 aliphatic rings. The number of rotatable bonds is 0. The molecule has 2 rings (SSSR count). The number of hydrogen-bond donors (Lipinski definition) is 1. The van der Waals surface area contributed by atoms with E-state index in [9.17, 15) is 5.11 Å². The average molecular weight is 154 g/mol. The fourth-order valence-corrected chi connectivity index (χ4v) is 3.17. The second kappa shape index (κ2) is 2.22. The van der Waals surface area contributed by atoms with E-state index in [0.29, 0.717) is 5.92 Å². The summed E-state index contributed by atoms with van der Waals surface area (Å²) < 4.78 is 0. The van der Waals surface area contributed by atoms with E-state index in [1.54, 1.807) is 0 Å². The Labute approximate surface area is 68.8 Å². The van der Waals surface area contributed by atoms with Crippen LogP contribution < -0.4 is 0 Å². The summed E-state index contributed by atoms with van der Waals surface area (Å²) >= 11 is 0. The summed E-state index contributed by atoms with van der Waals surface area (Å²) in [6, 6.07) is 0. The highest BCUT2D eigenvalue weighted by atomic mass is 16.3. The van der Waals surface area contributed by atoms with E-state index in [-0.39, 0.29) is 5.60 Å². The molecule has 0 heterocycles. The summed E-state index contributed by atoms with van der Waals surface area (Å²) in [5.74, 6) is 2.33. The van der Waals surface area contributed by atoms with E-state index in [0.717, 1.165) is 18.3 Å². The summed E-state index contributed by atoms with van der Waals surface area (Å²) in [4.78, 5) is 0. The zero-order chi connectivity index (χ0) is 8.06. The maximum atomic E-state index is 9.98. The third kappa shape index (κ3) is 1.01. The van der Waals surface area contributed by atoms with E-state index >= 15 is 0 Å². The maximum Gasteiger partial charge on any atom is 0.0650 e. The van der Waals surface area contributed by atoms with Crippen molar-refractivity contribution < 1.29 is 5.11 Å². The Morgan fingerprint density at radius 1 is 1.27 bits per heavy atom. The SMILES string of the molecule is C[C@@H]1CC[C@@H]2[C@H]1CC[C@@]2(C)O. The minimum Gasteiger partial charge on any atom is -0.390 e. The second-order valence-electron chi connectivity index (χ2n) is 4.72. The minimum absolute atomic E-state index is 0.324. The van der Waals surface area contributed by atoms with Crippen molar-refractivity contribution in [1.29, 1.82) is 0 Å². The van der Waals surface area contributed by atoms with Gasteiger partial charge in [0, 0.05) is 0 Å². The van der Waals surface area contributed by atoms with E-state index in [4.69, 9.17) is 0 Å². The molecule has 0 saturated heterocycles. The predicted octanol–water partition coefficient (Wildman–Crippen LogP) is 2.19. The summed E-state index contributed by atoms with van der Waals surface area (Å²) in [5, 5.41) is 9.98. The van der Waals surface area contributed by atoms with Crippen LogP contribution in [0.3, 0.4) is 0 Å². The summed E-state index contributed by atoms with van der Waals surface area (Å²) in [6.45, 7) is 4.36. The fourth-order valence-electron chi connectivity index (χ4n) is 3.17. The van der Waals surface area contributed by atoms with Gasteiger partial charge in [-0.25, -0.2) is 0 Å². The molecule has 0 unspecified atom stereocenters. The molecule has 0 amide bonds. The molecular formula is C10H18O. The first-order valence-electron chi connectivity index (χ1n) is 4.83. The molecule has 1 N–H and O–H groups in total. The smallest absolute Gasteiger partial charge is 0.0650 e. The largest absolute Gasteiger partial charge is 0.390 e. The lowest BCUT2D eigenvalue weighted by atomic mass is 9.88. The monoisotopic (exact) mass is 154 g/mol. The second-order valence-corrected chi connectivity index (χ2v) is 4.72. The molecule has 4 atom stereocenters. The highest BCUT2D eigenvalue weighted by molar-refractivity contribution is 4.99. The van der Waals surface area contributed by atoms with Crippen LogP contribution in [-0.2, 0) is 0 Å². The highest BCUT2D eigenvalue weighted by Gasteiger charge is 2.48. The van der Waals surface area contributed by atoms with Gasteiger partial charge in [0.05, 0.1) is 5.60 Å². The molecule has 0 spiro atoms. The van der Waals surface area contributed by atoms with E-state index in [1.165, 1.54) is 19.3 Å². The van der Waals surface area contributed by atoms with Crippen molar-refractivity contribution >= 4 is 0 Å².